The molecule has 0 spiro atoms. The highest BCUT2D eigenvalue weighted by Crippen LogP contribution is 2.20. The number of rotatable bonds is 7. The Kier molecular flexibility index (Phi) is 5.58. The van der Waals surface area contributed by atoms with Gasteiger partial charge in [0, 0.05) is 24.6 Å². The lowest BCUT2D eigenvalue weighted by atomic mass is 10.2. The molecule has 0 aliphatic heterocycles. The minimum atomic E-state index is -0.152. The van der Waals surface area contributed by atoms with Crippen LogP contribution in [-0.4, -0.2) is 28.1 Å². The zero-order valence-corrected chi connectivity index (χ0v) is 14.7. The van der Waals surface area contributed by atoms with E-state index in [1.807, 2.05) is 49.4 Å². The number of hydrogen-bond donors (Lipinski definition) is 1. The quantitative estimate of drug-likeness (QED) is 0.703. The Labute approximate surface area is 151 Å². The highest BCUT2D eigenvalue weighted by atomic mass is 16.5. The number of aromatic nitrogens is 3. The highest BCUT2D eigenvalue weighted by Gasteiger charge is 2.13. The van der Waals surface area contributed by atoms with E-state index in [2.05, 4.69) is 20.4 Å². The zero-order chi connectivity index (χ0) is 18.4. The van der Waals surface area contributed by atoms with Gasteiger partial charge in [-0.05, 0) is 43.3 Å². The lowest BCUT2D eigenvalue weighted by Gasteiger charge is -2.12. The number of pyridine rings is 1. The maximum Gasteiger partial charge on any atom is 0.227 e. The second-order valence-electron chi connectivity index (χ2n) is 5.78. The van der Waals surface area contributed by atoms with Gasteiger partial charge >= 0.3 is 0 Å². The average Bonchev–Trinajstić information content (AvgIpc) is 3.16. The summed E-state index contributed by atoms with van der Waals surface area (Å²) in [7, 11) is 1.61. The molecule has 0 saturated carbocycles. The van der Waals surface area contributed by atoms with Crippen molar-refractivity contribution in [3.05, 3.63) is 60.2 Å². The van der Waals surface area contributed by atoms with Crippen molar-refractivity contribution in [3.63, 3.8) is 0 Å². The summed E-state index contributed by atoms with van der Waals surface area (Å²) in [5, 5.41) is 6.87. The maximum absolute atomic E-state index is 12.1. The fraction of sp³-hybridized carbons (Fsp3) is 0.263. The topological polar surface area (TPSA) is 90.1 Å². The van der Waals surface area contributed by atoms with E-state index >= 15 is 0 Å². The molecule has 1 N–H and O–H groups in total. The largest absolute Gasteiger partial charge is 0.497 e. The van der Waals surface area contributed by atoms with Gasteiger partial charge in [0.1, 0.15) is 5.75 Å². The molecular formula is C19H20N4O3. The number of nitrogens with zero attached hydrogens (tertiary/aromatic N) is 3. The lowest BCUT2D eigenvalue weighted by Crippen LogP contribution is -2.27. The molecule has 1 unspecified atom stereocenters. The standard InChI is InChI=1S/C19H20N4O3/c1-13(16-5-3-4-12-20-16)21-17(24)10-11-18-22-19(23-26-18)14-6-8-15(25-2)9-7-14/h3-9,12-13H,10-11H2,1-2H3,(H,21,24). The van der Waals surface area contributed by atoms with Gasteiger partial charge in [-0.1, -0.05) is 11.2 Å². The first-order valence-corrected chi connectivity index (χ1v) is 8.33. The minimum absolute atomic E-state index is 0.0904. The number of amides is 1. The van der Waals surface area contributed by atoms with Gasteiger partial charge in [-0.15, -0.1) is 0 Å². The molecule has 2 aromatic heterocycles. The SMILES string of the molecule is COc1ccc(-c2noc(CCC(=O)NC(C)c3ccccn3)n2)cc1. The molecule has 1 amide bonds. The molecule has 1 aromatic carbocycles. The Balaban J connectivity index is 1.53. The molecule has 0 saturated heterocycles. The van der Waals surface area contributed by atoms with Crippen LogP contribution in [0.1, 0.15) is 31.0 Å². The smallest absolute Gasteiger partial charge is 0.227 e. The maximum atomic E-state index is 12.1. The molecule has 0 radical (unpaired) electrons. The van der Waals surface area contributed by atoms with Crippen molar-refractivity contribution in [2.24, 2.45) is 0 Å². The normalized spacial score (nSPS) is 11.8. The predicted octanol–water partition coefficient (Wildman–Crippen LogP) is 2.95. The number of ether oxygens (including phenoxy) is 1. The van der Waals surface area contributed by atoms with Gasteiger partial charge in [-0.2, -0.15) is 4.98 Å². The monoisotopic (exact) mass is 352 g/mol. The Morgan fingerprint density at radius 1 is 1.23 bits per heavy atom. The van der Waals surface area contributed by atoms with Crippen LogP contribution >= 0.6 is 0 Å². The summed E-state index contributed by atoms with van der Waals surface area (Å²) in [6, 6.07) is 12.8. The van der Waals surface area contributed by atoms with Gasteiger partial charge in [-0.25, -0.2) is 0 Å². The number of carbonyl (C=O) groups excluding carboxylic acids is 1. The van der Waals surface area contributed by atoms with Crippen LogP contribution in [-0.2, 0) is 11.2 Å². The Morgan fingerprint density at radius 3 is 2.73 bits per heavy atom. The van der Waals surface area contributed by atoms with Crippen molar-refractivity contribution in [2.75, 3.05) is 7.11 Å². The third-order valence-corrected chi connectivity index (χ3v) is 3.89. The number of hydrogen-bond acceptors (Lipinski definition) is 6. The van der Waals surface area contributed by atoms with E-state index in [1.54, 1.807) is 13.3 Å². The fourth-order valence-corrected chi connectivity index (χ4v) is 2.45. The van der Waals surface area contributed by atoms with Crippen molar-refractivity contribution in [2.45, 2.75) is 25.8 Å². The lowest BCUT2D eigenvalue weighted by molar-refractivity contribution is -0.121. The van der Waals surface area contributed by atoms with Crippen LogP contribution < -0.4 is 10.1 Å². The van der Waals surface area contributed by atoms with Crippen molar-refractivity contribution in [1.29, 1.82) is 0 Å². The van der Waals surface area contributed by atoms with E-state index in [4.69, 9.17) is 9.26 Å². The first-order valence-electron chi connectivity index (χ1n) is 8.33. The van der Waals surface area contributed by atoms with Crippen LogP contribution in [0.3, 0.4) is 0 Å². The molecular weight excluding hydrogens is 332 g/mol. The summed E-state index contributed by atoms with van der Waals surface area (Å²) in [6.45, 7) is 1.90. The molecule has 0 aliphatic carbocycles. The molecule has 2 heterocycles. The number of aryl methyl sites for hydroxylation is 1. The molecule has 0 bridgehead atoms. The third-order valence-electron chi connectivity index (χ3n) is 3.89. The van der Waals surface area contributed by atoms with Crippen LogP contribution in [0.4, 0.5) is 0 Å². The van der Waals surface area contributed by atoms with Crippen molar-refractivity contribution in [3.8, 4) is 17.1 Å². The van der Waals surface area contributed by atoms with E-state index in [0.29, 0.717) is 18.1 Å². The number of carbonyl (C=O) groups is 1. The fourth-order valence-electron chi connectivity index (χ4n) is 2.45. The Bertz CT molecular complexity index is 847. The Hall–Kier alpha value is -3.22. The summed E-state index contributed by atoms with van der Waals surface area (Å²) in [4.78, 5) is 20.7. The summed E-state index contributed by atoms with van der Waals surface area (Å²) in [6.07, 6.45) is 2.35. The van der Waals surface area contributed by atoms with Crippen LogP contribution in [0, 0.1) is 0 Å². The summed E-state index contributed by atoms with van der Waals surface area (Å²) in [5.41, 5.74) is 1.65. The second-order valence-corrected chi connectivity index (χ2v) is 5.78. The van der Waals surface area contributed by atoms with Gasteiger partial charge in [0.05, 0.1) is 18.8 Å². The van der Waals surface area contributed by atoms with Crippen molar-refractivity contribution in [1.82, 2.24) is 20.4 Å². The van der Waals surface area contributed by atoms with Gasteiger partial charge in [0.2, 0.25) is 17.6 Å². The van der Waals surface area contributed by atoms with Gasteiger partial charge < -0.3 is 14.6 Å². The van der Waals surface area contributed by atoms with E-state index in [1.165, 1.54) is 0 Å². The minimum Gasteiger partial charge on any atom is -0.497 e. The first-order chi connectivity index (χ1) is 12.7. The molecule has 7 heteroatoms. The van der Waals surface area contributed by atoms with Crippen LogP contribution in [0.2, 0.25) is 0 Å². The number of methoxy groups -OCH3 is 1. The number of benzene rings is 1. The van der Waals surface area contributed by atoms with Crippen molar-refractivity contribution >= 4 is 5.91 Å². The molecule has 134 valence electrons. The molecule has 26 heavy (non-hydrogen) atoms. The van der Waals surface area contributed by atoms with Crippen LogP contribution in [0.25, 0.3) is 11.4 Å². The van der Waals surface area contributed by atoms with E-state index in [0.717, 1.165) is 17.0 Å². The van der Waals surface area contributed by atoms with Crippen LogP contribution in [0.15, 0.2) is 53.2 Å². The Morgan fingerprint density at radius 2 is 2.04 bits per heavy atom. The van der Waals surface area contributed by atoms with Crippen LogP contribution in [0.5, 0.6) is 5.75 Å². The molecule has 0 fully saturated rings. The average molecular weight is 352 g/mol. The van der Waals surface area contributed by atoms with E-state index < -0.39 is 0 Å². The summed E-state index contributed by atoms with van der Waals surface area (Å²) >= 11 is 0. The zero-order valence-electron chi connectivity index (χ0n) is 14.7. The molecule has 0 aliphatic rings. The van der Waals surface area contributed by atoms with E-state index in [9.17, 15) is 4.79 Å². The predicted molar refractivity (Wildman–Crippen MR) is 95.4 cm³/mol. The summed E-state index contributed by atoms with van der Waals surface area (Å²) in [5.74, 6) is 1.59. The molecule has 3 aromatic rings. The molecule has 1 atom stereocenters. The van der Waals surface area contributed by atoms with Crippen molar-refractivity contribution < 1.29 is 14.1 Å². The first kappa shape index (κ1) is 17.6. The summed E-state index contributed by atoms with van der Waals surface area (Å²) < 4.78 is 10.4. The van der Waals surface area contributed by atoms with Gasteiger partial charge in [0.15, 0.2) is 0 Å². The molecule has 3 rings (SSSR count). The third kappa shape index (κ3) is 4.44. The second kappa shape index (κ2) is 8.24. The van der Waals surface area contributed by atoms with E-state index in [-0.39, 0.29) is 18.4 Å². The number of nitrogens with one attached hydrogen (secondary N) is 1. The highest BCUT2D eigenvalue weighted by molar-refractivity contribution is 5.76. The van der Waals surface area contributed by atoms with Gasteiger partial charge in [0.25, 0.3) is 0 Å². The molecule has 7 nitrogen and oxygen atoms in total. The van der Waals surface area contributed by atoms with Gasteiger partial charge in [-0.3, -0.25) is 9.78 Å².